The molecule has 0 fully saturated rings. The lowest BCUT2D eigenvalue weighted by Crippen LogP contribution is -2.29. The van der Waals surface area contributed by atoms with Crippen LogP contribution in [0.3, 0.4) is 0 Å². The summed E-state index contributed by atoms with van der Waals surface area (Å²) in [6.45, 7) is 0. The summed E-state index contributed by atoms with van der Waals surface area (Å²) in [6.07, 6.45) is 0. The second-order valence-electron chi connectivity index (χ2n) is 20.2. The highest BCUT2D eigenvalue weighted by atomic mass is 32.1. The van der Waals surface area contributed by atoms with Crippen LogP contribution in [-0.4, -0.2) is 0 Å². The van der Waals surface area contributed by atoms with Crippen LogP contribution in [0.15, 0.2) is 279 Å². The van der Waals surface area contributed by atoms with Crippen molar-refractivity contribution in [1.82, 2.24) is 0 Å². The van der Waals surface area contributed by atoms with Gasteiger partial charge in [0.1, 0.15) is 0 Å². The molecule has 2 nitrogen and oxygen atoms in total. The molecule has 2 heterocycles. The van der Waals surface area contributed by atoms with E-state index < -0.39 is 5.41 Å². The predicted molar refractivity (Wildman–Crippen MR) is 320 cm³/mol. The molecule has 354 valence electrons. The number of rotatable bonds is 5. The van der Waals surface area contributed by atoms with Crippen LogP contribution in [0.5, 0.6) is 0 Å². The van der Waals surface area contributed by atoms with E-state index in [9.17, 15) is 0 Å². The van der Waals surface area contributed by atoms with Crippen molar-refractivity contribution in [3.8, 4) is 66.8 Å². The van der Waals surface area contributed by atoms with Crippen molar-refractivity contribution in [3.05, 3.63) is 301 Å². The highest BCUT2D eigenvalue weighted by molar-refractivity contribution is 7.26. The number of hydrogen-bond donors (Lipinski definition) is 0. The molecule has 1 atom stereocenters. The van der Waals surface area contributed by atoms with Crippen LogP contribution < -0.4 is 9.80 Å². The fraction of sp³-hybridized carbons (Fsp3) is 0.0137. The van der Waals surface area contributed by atoms with Crippen molar-refractivity contribution in [1.29, 1.82) is 0 Å². The number of nitrogens with zero attached hydrogens (tertiary/aromatic N) is 2. The minimum absolute atomic E-state index is 0.636. The van der Waals surface area contributed by atoms with Gasteiger partial charge in [-0.3, -0.25) is 0 Å². The topological polar surface area (TPSA) is 6.48 Å². The molecular formula is C73H46N2S. The Kier molecular flexibility index (Phi) is 9.45. The minimum atomic E-state index is -0.636. The van der Waals surface area contributed by atoms with Crippen molar-refractivity contribution < 1.29 is 0 Å². The molecule has 0 saturated heterocycles. The number of fused-ring (bicyclic) bond motifs is 21. The average Bonchev–Trinajstić information content (AvgIpc) is 4.06. The summed E-state index contributed by atoms with van der Waals surface area (Å²) in [5, 5.41) is 2.63. The van der Waals surface area contributed by atoms with E-state index in [1.54, 1.807) is 0 Å². The van der Waals surface area contributed by atoms with Crippen LogP contribution in [0.2, 0.25) is 0 Å². The van der Waals surface area contributed by atoms with Gasteiger partial charge in [-0.2, -0.15) is 0 Å². The van der Waals surface area contributed by atoms with Gasteiger partial charge in [-0.1, -0.05) is 224 Å². The van der Waals surface area contributed by atoms with Crippen molar-refractivity contribution >= 4 is 65.6 Å². The van der Waals surface area contributed by atoms with E-state index in [0.717, 1.165) is 34.1 Å². The Morgan fingerprint density at radius 1 is 0.329 bits per heavy atom. The quantitative estimate of drug-likeness (QED) is 0.170. The minimum Gasteiger partial charge on any atom is -0.308 e. The fourth-order valence-electron chi connectivity index (χ4n) is 13.3. The summed E-state index contributed by atoms with van der Waals surface area (Å²) in [5.74, 6) is 0. The second kappa shape index (κ2) is 16.7. The maximum absolute atomic E-state index is 2.52. The second-order valence-corrected chi connectivity index (χ2v) is 21.3. The van der Waals surface area contributed by atoms with Gasteiger partial charge < -0.3 is 9.80 Å². The van der Waals surface area contributed by atoms with Gasteiger partial charge in [-0.25, -0.2) is 0 Å². The third kappa shape index (κ3) is 6.09. The van der Waals surface area contributed by atoms with Gasteiger partial charge in [-0.05, 0) is 127 Å². The first-order valence-electron chi connectivity index (χ1n) is 26.2. The van der Waals surface area contributed by atoms with E-state index in [1.807, 2.05) is 11.3 Å². The summed E-state index contributed by atoms with van der Waals surface area (Å²) in [4.78, 5) is 5.02. The number of benzene rings is 12. The summed E-state index contributed by atoms with van der Waals surface area (Å²) in [6, 6.07) is 104. The number of hydrogen-bond acceptors (Lipinski definition) is 3. The van der Waals surface area contributed by atoms with E-state index in [1.165, 1.54) is 109 Å². The Morgan fingerprint density at radius 2 is 0.855 bits per heavy atom. The summed E-state index contributed by atoms with van der Waals surface area (Å²) in [7, 11) is 0. The lowest BCUT2D eigenvalue weighted by molar-refractivity contribution is 0.776. The lowest BCUT2D eigenvalue weighted by Gasteiger charge is -2.37. The summed E-state index contributed by atoms with van der Waals surface area (Å²) in [5.41, 5.74) is 25.9. The first-order valence-corrected chi connectivity index (χ1v) is 27.1. The standard InChI is InChI=1S/C73H46N2S/c1-3-20-47(21-4-1)48-38-40-50(41-39-48)74(68-36-19-32-59-54-26-9-8-25-53(54)57-29-13-17-35-67(57)75(71(59)68)49-22-5-2-6-23-49)51-42-44-65-62(46-51)55-27-10-7-24-52(55)56-28-11-15-33-63(56)73(65)64-34-16-12-31-61(64)70-66(73)45-43-60-58-30-14-18-37-69(58)76-72(60)70/h1-46H. The van der Waals surface area contributed by atoms with Gasteiger partial charge >= 0.3 is 0 Å². The Labute approximate surface area is 446 Å². The van der Waals surface area contributed by atoms with Crippen LogP contribution in [0.4, 0.5) is 34.1 Å². The van der Waals surface area contributed by atoms with E-state index >= 15 is 0 Å². The summed E-state index contributed by atoms with van der Waals surface area (Å²) < 4.78 is 2.66. The maximum Gasteiger partial charge on any atom is 0.0781 e. The van der Waals surface area contributed by atoms with Crippen molar-refractivity contribution in [2.45, 2.75) is 5.41 Å². The third-order valence-electron chi connectivity index (χ3n) is 16.4. The molecule has 12 aromatic carbocycles. The van der Waals surface area contributed by atoms with E-state index in [4.69, 9.17) is 0 Å². The van der Waals surface area contributed by atoms with Crippen LogP contribution >= 0.6 is 11.3 Å². The molecule has 0 N–H and O–H groups in total. The molecule has 2 aliphatic carbocycles. The normalized spacial score (nSPS) is 14.3. The van der Waals surface area contributed by atoms with Crippen LogP contribution in [0.25, 0.3) is 86.9 Å². The summed E-state index contributed by atoms with van der Waals surface area (Å²) >= 11 is 1.93. The smallest absolute Gasteiger partial charge is 0.0781 e. The van der Waals surface area contributed by atoms with Gasteiger partial charge in [0, 0.05) is 53.9 Å². The Morgan fingerprint density at radius 3 is 1.62 bits per heavy atom. The maximum atomic E-state index is 2.52. The molecule has 76 heavy (non-hydrogen) atoms. The van der Waals surface area contributed by atoms with Crippen LogP contribution in [0, 0.1) is 0 Å². The first kappa shape index (κ1) is 42.9. The Bertz CT molecular complexity index is 4480. The predicted octanol–water partition coefficient (Wildman–Crippen LogP) is 20.3. The zero-order valence-electron chi connectivity index (χ0n) is 41.4. The van der Waals surface area contributed by atoms with Crippen molar-refractivity contribution in [2.24, 2.45) is 0 Å². The number of para-hydroxylation sites is 3. The van der Waals surface area contributed by atoms with Gasteiger partial charge in [0.2, 0.25) is 0 Å². The molecule has 3 heteroatoms. The molecule has 0 radical (unpaired) electrons. The SMILES string of the molecule is c1ccc(-c2ccc(N(c3ccc4c(c3)-c3ccccc3-c3ccccc3C43c4ccccc4-c4c3ccc3c4sc4ccccc43)c3cccc4c3N(c3ccccc3)c3ccccc3-c3ccccc3-4)cc2)cc1. The average molecular weight is 983 g/mol. The largest absolute Gasteiger partial charge is 0.308 e. The number of thiophene rings is 1. The molecular weight excluding hydrogens is 937 g/mol. The van der Waals surface area contributed by atoms with Gasteiger partial charge in [0.05, 0.1) is 22.5 Å². The van der Waals surface area contributed by atoms with Gasteiger partial charge in [0.25, 0.3) is 0 Å². The van der Waals surface area contributed by atoms with E-state index in [0.29, 0.717) is 0 Å². The van der Waals surface area contributed by atoms with Crippen LogP contribution in [-0.2, 0) is 5.41 Å². The third-order valence-corrected chi connectivity index (χ3v) is 17.6. The van der Waals surface area contributed by atoms with Crippen molar-refractivity contribution in [3.63, 3.8) is 0 Å². The Balaban J connectivity index is 1.01. The molecule has 13 aromatic rings. The molecule has 1 unspecified atom stereocenters. The van der Waals surface area contributed by atoms with Gasteiger partial charge in [0.15, 0.2) is 0 Å². The molecule has 0 saturated carbocycles. The van der Waals surface area contributed by atoms with Crippen LogP contribution in [0.1, 0.15) is 22.3 Å². The van der Waals surface area contributed by atoms with Crippen molar-refractivity contribution in [2.75, 3.05) is 9.80 Å². The lowest BCUT2D eigenvalue weighted by atomic mass is 9.66. The molecule has 16 rings (SSSR count). The molecule has 1 aromatic heterocycles. The first-order chi connectivity index (χ1) is 37.7. The zero-order valence-corrected chi connectivity index (χ0v) is 42.2. The molecule has 3 aliphatic rings. The molecule has 1 aliphatic heterocycles. The fourth-order valence-corrected chi connectivity index (χ4v) is 14.6. The highest BCUT2D eigenvalue weighted by Gasteiger charge is 2.50. The monoisotopic (exact) mass is 982 g/mol. The van der Waals surface area contributed by atoms with E-state index in [2.05, 4.69) is 289 Å². The zero-order chi connectivity index (χ0) is 49.9. The van der Waals surface area contributed by atoms with Gasteiger partial charge in [-0.15, -0.1) is 11.3 Å². The van der Waals surface area contributed by atoms with E-state index in [-0.39, 0.29) is 0 Å². The highest BCUT2D eigenvalue weighted by Crippen LogP contribution is 2.64. The molecule has 0 bridgehead atoms. The Hall–Kier alpha value is -9.54. The molecule has 1 spiro atoms. The number of anilines is 6. The molecule has 0 amide bonds.